The molecule has 39 heavy (non-hydrogen) atoms. The summed E-state index contributed by atoms with van der Waals surface area (Å²) in [7, 11) is -0.400. The molecule has 0 spiro atoms. The van der Waals surface area contributed by atoms with Gasteiger partial charge >= 0.3 is 0 Å². The zero-order valence-corrected chi connectivity index (χ0v) is 29.7. The second-order valence-electron chi connectivity index (χ2n) is 13.9. The number of allylic oxidation sites excluding steroid dienone is 2. The van der Waals surface area contributed by atoms with Gasteiger partial charge in [0.15, 0.2) is 0 Å². The van der Waals surface area contributed by atoms with E-state index in [4.69, 9.17) is 0 Å². The molecule has 0 aliphatic heterocycles. The first-order valence-corrected chi connectivity index (χ1v) is 16.4. The van der Waals surface area contributed by atoms with Crippen molar-refractivity contribution in [2.24, 2.45) is 0 Å². The molecule has 0 nitrogen and oxygen atoms in total. The van der Waals surface area contributed by atoms with Crippen molar-refractivity contribution >= 4 is 15.8 Å². The Morgan fingerprint density at radius 1 is 0.487 bits per heavy atom. The van der Waals surface area contributed by atoms with E-state index in [1.54, 1.807) is 0 Å². The monoisotopic (exact) mass is 666 g/mol. The zero-order chi connectivity index (χ0) is 29.4. The molecule has 0 fully saturated rings. The Bertz CT molecular complexity index is 900. The first-order chi connectivity index (χ1) is 17.2. The maximum absolute atomic E-state index is 12.8. The van der Waals surface area contributed by atoms with Gasteiger partial charge in [-0.05, 0) is 68.9 Å². The summed E-state index contributed by atoms with van der Waals surface area (Å²) in [6.07, 6.45) is 6.25. The Hall–Kier alpha value is -0.698. The molecule has 222 valence electrons. The van der Waals surface area contributed by atoms with E-state index in [-0.39, 0.29) is 47.9 Å². The van der Waals surface area contributed by atoms with Gasteiger partial charge in [0.1, 0.15) is 11.6 Å². The first kappa shape index (κ1) is 38.3. The number of hydrogen-bond donors (Lipinski definition) is 0. The summed E-state index contributed by atoms with van der Waals surface area (Å²) in [4.78, 5) is 0. The molecule has 0 bridgehead atoms. The maximum Gasteiger partial charge on any atom is 0.123 e. The van der Waals surface area contributed by atoms with E-state index in [9.17, 15) is 8.78 Å². The summed E-state index contributed by atoms with van der Waals surface area (Å²) in [5, 5.41) is 1.25. The van der Waals surface area contributed by atoms with Crippen molar-refractivity contribution in [2.75, 3.05) is 0 Å². The van der Waals surface area contributed by atoms with Crippen molar-refractivity contribution in [1.29, 1.82) is 0 Å². The minimum absolute atomic E-state index is 0. The molecule has 0 unspecified atom stereocenters. The predicted molar refractivity (Wildman–Crippen MR) is 171 cm³/mol. The fourth-order valence-electron chi connectivity index (χ4n) is 4.74. The van der Waals surface area contributed by atoms with Crippen LogP contribution in [-0.2, 0) is 33.3 Å². The molecule has 0 aliphatic rings. The third-order valence-electron chi connectivity index (χ3n) is 5.93. The first-order valence-electron chi connectivity index (χ1n) is 13.6. The van der Waals surface area contributed by atoms with Gasteiger partial charge in [0, 0.05) is 20.4 Å². The van der Waals surface area contributed by atoms with Crippen molar-refractivity contribution in [3.8, 4) is 0 Å². The molecule has 0 heterocycles. The van der Waals surface area contributed by atoms with E-state index in [0.717, 1.165) is 24.0 Å². The summed E-state index contributed by atoms with van der Waals surface area (Å²) >= 11 is 0. The number of benzene rings is 2. The third kappa shape index (κ3) is 15.2. The van der Waals surface area contributed by atoms with Crippen LogP contribution < -0.4 is 0 Å². The van der Waals surface area contributed by atoms with Crippen molar-refractivity contribution in [2.45, 2.75) is 117 Å². The van der Waals surface area contributed by atoms with Gasteiger partial charge in [-0.2, -0.15) is 0 Å². The standard InChI is InChI=1S/2C17H26FP.Pd/c2*1-16(2,3)19(17(4,5)6)13-7-8-14-9-11-15(18)12-10-14;/h2*7,9-13H,8H2,1-6H3;. The quantitative estimate of drug-likeness (QED) is 0.213. The average Bonchev–Trinajstić information content (AvgIpc) is 2.73. The van der Waals surface area contributed by atoms with Crippen LogP contribution in [0.25, 0.3) is 0 Å². The van der Waals surface area contributed by atoms with Crippen molar-refractivity contribution in [3.63, 3.8) is 0 Å². The fraction of sp³-hybridized carbons (Fsp3) is 0.529. The molecular weight excluding hydrogens is 615 g/mol. The molecule has 0 aliphatic carbocycles. The molecule has 0 amide bonds. The van der Waals surface area contributed by atoms with Crippen LogP contribution in [0.4, 0.5) is 8.78 Å². The Labute approximate surface area is 255 Å². The topological polar surface area (TPSA) is 0 Å². The van der Waals surface area contributed by atoms with Crippen LogP contribution >= 0.6 is 15.8 Å². The fourth-order valence-corrected chi connectivity index (χ4v) is 11.2. The number of halogens is 2. The van der Waals surface area contributed by atoms with Crippen molar-refractivity contribution in [1.82, 2.24) is 0 Å². The van der Waals surface area contributed by atoms with Crippen LogP contribution in [0.2, 0.25) is 0 Å². The van der Waals surface area contributed by atoms with E-state index in [2.05, 4.69) is 107 Å². The van der Waals surface area contributed by atoms with Crippen LogP contribution in [-0.4, -0.2) is 20.6 Å². The number of hydrogen-bond acceptors (Lipinski definition) is 0. The molecule has 0 atom stereocenters. The Balaban J connectivity index is 0.000000722. The van der Waals surface area contributed by atoms with Crippen LogP contribution in [0, 0.1) is 11.6 Å². The summed E-state index contributed by atoms with van der Waals surface area (Å²) in [5.74, 6) is 4.44. The van der Waals surface area contributed by atoms with E-state index in [1.165, 1.54) is 24.3 Å². The summed E-state index contributed by atoms with van der Waals surface area (Å²) in [6, 6.07) is 13.5. The van der Waals surface area contributed by atoms with E-state index in [0.29, 0.717) is 20.6 Å². The van der Waals surface area contributed by atoms with Gasteiger partial charge in [-0.25, -0.2) is 8.78 Å². The van der Waals surface area contributed by atoms with Gasteiger partial charge in [0.25, 0.3) is 0 Å². The van der Waals surface area contributed by atoms with Gasteiger partial charge in [-0.1, -0.05) is 147 Å². The average molecular weight is 667 g/mol. The molecule has 0 saturated heterocycles. The van der Waals surface area contributed by atoms with Gasteiger partial charge < -0.3 is 0 Å². The normalized spacial score (nSPS) is 13.1. The molecule has 0 radical (unpaired) electrons. The van der Waals surface area contributed by atoms with Gasteiger partial charge in [0.2, 0.25) is 0 Å². The minimum Gasteiger partial charge on any atom is -0.207 e. The molecule has 5 heteroatoms. The minimum atomic E-state index is -0.200. The van der Waals surface area contributed by atoms with Crippen LogP contribution in [0.1, 0.15) is 94.2 Å². The molecule has 2 rings (SSSR count). The smallest absolute Gasteiger partial charge is 0.123 e. The zero-order valence-electron chi connectivity index (χ0n) is 26.3. The molecule has 2 aromatic carbocycles. The molecule has 0 saturated carbocycles. The Kier molecular flexibility index (Phi) is 15.8. The van der Waals surface area contributed by atoms with Gasteiger partial charge in [-0.3, -0.25) is 0 Å². The van der Waals surface area contributed by atoms with Crippen LogP contribution in [0.5, 0.6) is 0 Å². The van der Waals surface area contributed by atoms with E-state index < -0.39 is 0 Å². The molecule has 0 N–H and O–H groups in total. The molecular formula is C34H52F2P2Pd. The summed E-state index contributed by atoms with van der Waals surface area (Å²) in [6.45, 7) is 27.7. The van der Waals surface area contributed by atoms with Crippen LogP contribution in [0.15, 0.2) is 72.3 Å². The SMILES string of the molecule is CC(C)(C)P(C=CCc1ccc(F)cc1)C(C)(C)C.CC(C)(C)P(C=CCc1ccc(F)cc1)C(C)(C)C.[Pd]. The van der Waals surface area contributed by atoms with E-state index in [1.807, 2.05) is 24.3 Å². The van der Waals surface area contributed by atoms with Gasteiger partial charge in [0.05, 0.1) is 0 Å². The second-order valence-corrected chi connectivity index (χ2v) is 21.3. The third-order valence-corrected chi connectivity index (χ3v) is 12.7. The second kappa shape index (κ2) is 16.1. The molecule has 0 aromatic heterocycles. The Morgan fingerprint density at radius 3 is 0.923 bits per heavy atom. The van der Waals surface area contributed by atoms with Crippen molar-refractivity contribution < 1.29 is 29.2 Å². The van der Waals surface area contributed by atoms with Gasteiger partial charge in [-0.15, -0.1) is 0 Å². The summed E-state index contributed by atoms with van der Waals surface area (Å²) in [5.41, 5.74) is 2.32. The van der Waals surface area contributed by atoms with E-state index >= 15 is 0 Å². The Morgan fingerprint density at radius 2 is 0.718 bits per heavy atom. The summed E-state index contributed by atoms with van der Waals surface area (Å²) < 4.78 is 25.7. The maximum atomic E-state index is 12.8. The largest absolute Gasteiger partial charge is 0.207 e. The predicted octanol–water partition coefficient (Wildman–Crippen LogP) is 11.9. The van der Waals surface area contributed by atoms with Crippen LogP contribution in [0.3, 0.4) is 0 Å². The molecule has 2 aromatic rings. The van der Waals surface area contributed by atoms with Crippen molar-refractivity contribution in [3.05, 3.63) is 95.1 Å². The number of rotatable bonds is 6.